The number of carbonyl (C=O) groups excluding carboxylic acids is 1. The fraction of sp³-hybridized carbons (Fsp3) is 0.0667. The summed E-state index contributed by atoms with van der Waals surface area (Å²) >= 11 is 0. The lowest BCUT2D eigenvalue weighted by Crippen LogP contribution is -2.28. The molecule has 0 heterocycles. The molecule has 0 aliphatic rings. The molecule has 2 aromatic rings. The van der Waals surface area contributed by atoms with Gasteiger partial charge in [-0.3, -0.25) is 0 Å². The number of rotatable bonds is 4. The van der Waals surface area contributed by atoms with E-state index >= 15 is 0 Å². The number of carboxylic acid groups (broad SMARTS) is 1. The predicted molar refractivity (Wildman–Crippen MR) is 75.7 cm³/mol. The maximum absolute atomic E-state index is 13.0. The van der Waals surface area contributed by atoms with Gasteiger partial charge < -0.3 is 15.7 Å². The maximum atomic E-state index is 13.0. The average molecular weight is 288 g/mol. The van der Waals surface area contributed by atoms with Crippen LogP contribution in [0, 0.1) is 5.82 Å². The van der Waals surface area contributed by atoms with Gasteiger partial charge in [-0.1, -0.05) is 18.2 Å². The first kappa shape index (κ1) is 14.5. The largest absolute Gasteiger partial charge is 0.478 e. The molecule has 0 saturated carbocycles. The zero-order chi connectivity index (χ0) is 15.2. The summed E-state index contributed by atoms with van der Waals surface area (Å²) in [6.45, 7) is 0.237. The van der Waals surface area contributed by atoms with E-state index in [1.54, 1.807) is 18.2 Å². The number of hydrogen-bond donors (Lipinski definition) is 3. The van der Waals surface area contributed by atoms with Crippen molar-refractivity contribution in [3.05, 3.63) is 65.5 Å². The van der Waals surface area contributed by atoms with Crippen LogP contribution in [-0.2, 0) is 6.54 Å². The molecule has 0 atom stereocenters. The van der Waals surface area contributed by atoms with Crippen LogP contribution in [0.3, 0.4) is 0 Å². The van der Waals surface area contributed by atoms with Gasteiger partial charge in [-0.2, -0.15) is 0 Å². The van der Waals surface area contributed by atoms with Crippen molar-refractivity contribution in [1.29, 1.82) is 0 Å². The quantitative estimate of drug-likeness (QED) is 0.809. The Labute approximate surface area is 120 Å². The Hall–Kier alpha value is -2.89. The Morgan fingerprint density at radius 2 is 1.81 bits per heavy atom. The number of carboxylic acids is 1. The van der Waals surface area contributed by atoms with Crippen molar-refractivity contribution in [1.82, 2.24) is 5.32 Å². The number of benzene rings is 2. The molecule has 0 radical (unpaired) electrons. The molecule has 0 unspecified atom stereocenters. The van der Waals surface area contributed by atoms with Crippen LogP contribution in [0.15, 0.2) is 48.5 Å². The molecule has 0 aliphatic carbocycles. The first-order valence-electron chi connectivity index (χ1n) is 6.17. The van der Waals surface area contributed by atoms with Gasteiger partial charge in [0.15, 0.2) is 0 Å². The summed E-state index contributed by atoms with van der Waals surface area (Å²) in [5, 5.41) is 13.9. The summed E-state index contributed by atoms with van der Waals surface area (Å²) in [7, 11) is 0. The van der Waals surface area contributed by atoms with E-state index in [0.29, 0.717) is 5.69 Å². The molecule has 0 aliphatic heterocycles. The molecule has 0 bridgehead atoms. The summed E-state index contributed by atoms with van der Waals surface area (Å²) in [6, 6.07) is 11.3. The fourth-order valence-electron chi connectivity index (χ4n) is 1.69. The highest BCUT2D eigenvalue weighted by Gasteiger charge is 2.04. The molecule has 0 aromatic heterocycles. The molecular formula is C15H13FN2O3. The highest BCUT2D eigenvalue weighted by Crippen LogP contribution is 2.09. The molecule has 2 aromatic carbocycles. The summed E-state index contributed by atoms with van der Waals surface area (Å²) in [4.78, 5) is 22.3. The molecule has 2 amide bonds. The van der Waals surface area contributed by atoms with Crippen molar-refractivity contribution in [2.75, 3.05) is 5.32 Å². The molecule has 0 spiro atoms. The average Bonchev–Trinajstić information content (AvgIpc) is 2.45. The Morgan fingerprint density at radius 3 is 2.43 bits per heavy atom. The maximum Gasteiger partial charge on any atom is 0.335 e. The zero-order valence-corrected chi connectivity index (χ0v) is 11.0. The van der Waals surface area contributed by atoms with Crippen LogP contribution in [0.4, 0.5) is 14.9 Å². The third kappa shape index (κ3) is 4.31. The Kier molecular flexibility index (Phi) is 4.50. The van der Waals surface area contributed by atoms with Crippen LogP contribution in [-0.4, -0.2) is 17.1 Å². The lowest BCUT2D eigenvalue weighted by Gasteiger charge is -2.08. The Bertz CT molecular complexity index is 656. The van der Waals surface area contributed by atoms with E-state index in [1.807, 2.05) is 0 Å². The van der Waals surface area contributed by atoms with Gasteiger partial charge in [-0.25, -0.2) is 14.0 Å². The third-order valence-corrected chi connectivity index (χ3v) is 2.74. The second-order valence-electron chi connectivity index (χ2n) is 4.32. The van der Waals surface area contributed by atoms with E-state index in [2.05, 4.69) is 10.6 Å². The number of urea groups is 1. The molecule has 0 fully saturated rings. The van der Waals surface area contributed by atoms with Crippen LogP contribution in [0.5, 0.6) is 0 Å². The van der Waals surface area contributed by atoms with Gasteiger partial charge in [-0.05, 0) is 35.9 Å². The van der Waals surface area contributed by atoms with Gasteiger partial charge >= 0.3 is 12.0 Å². The minimum absolute atomic E-state index is 0.183. The van der Waals surface area contributed by atoms with Gasteiger partial charge in [0.25, 0.3) is 0 Å². The molecule has 2 rings (SSSR count). The van der Waals surface area contributed by atoms with E-state index in [4.69, 9.17) is 5.11 Å². The lowest BCUT2D eigenvalue weighted by molar-refractivity contribution is 0.0697. The normalized spacial score (nSPS) is 9.95. The van der Waals surface area contributed by atoms with Crippen molar-refractivity contribution in [3.8, 4) is 0 Å². The summed E-state index contributed by atoms with van der Waals surface area (Å²) < 4.78 is 13.0. The van der Waals surface area contributed by atoms with Gasteiger partial charge in [0, 0.05) is 12.2 Å². The van der Waals surface area contributed by atoms with E-state index in [0.717, 1.165) is 5.56 Å². The summed E-state index contributed by atoms with van der Waals surface area (Å²) in [5.74, 6) is -1.43. The number of aromatic carboxylic acids is 1. The third-order valence-electron chi connectivity index (χ3n) is 2.74. The van der Waals surface area contributed by atoms with Crippen LogP contribution in [0.1, 0.15) is 15.9 Å². The Balaban J connectivity index is 1.87. The Morgan fingerprint density at radius 1 is 1.10 bits per heavy atom. The first-order valence-corrected chi connectivity index (χ1v) is 6.17. The molecule has 5 nitrogen and oxygen atoms in total. The topological polar surface area (TPSA) is 78.4 Å². The molecule has 0 saturated heterocycles. The minimum Gasteiger partial charge on any atom is -0.478 e. The van der Waals surface area contributed by atoms with Crippen LogP contribution in [0.2, 0.25) is 0 Å². The number of halogens is 1. The molecule has 3 N–H and O–H groups in total. The van der Waals surface area contributed by atoms with Crippen molar-refractivity contribution in [2.24, 2.45) is 0 Å². The predicted octanol–water partition coefficient (Wildman–Crippen LogP) is 2.85. The second kappa shape index (κ2) is 6.51. The minimum atomic E-state index is -1.00. The number of nitrogens with one attached hydrogen (secondary N) is 2. The van der Waals surface area contributed by atoms with Crippen molar-refractivity contribution in [3.63, 3.8) is 0 Å². The smallest absolute Gasteiger partial charge is 0.335 e. The highest BCUT2D eigenvalue weighted by molar-refractivity contribution is 5.89. The van der Waals surface area contributed by atoms with Gasteiger partial charge in [0.05, 0.1) is 5.56 Å². The lowest BCUT2D eigenvalue weighted by atomic mass is 10.1. The SMILES string of the molecule is O=C(NCc1ccc(C(=O)O)cc1)Nc1cccc(F)c1. The number of amides is 2. The van der Waals surface area contributed by atoms with Crippen LogP contribution >= 0.6 is 0 Å². The molecule has 6 heteroatoms. The zero-order valence-electron chi connectivity index (χ0n) is 11.0. The van der Waals surface area contributed by atoms with Crippen LogP contribution in [0.25, 0.3) is 0 Å². The van der Waals surface area contributed by atoms with E-state index < -0.39 is 17.8 Å². The number of anilines is 1. The van der Waals surface area contributed by atoms with Crippen molar-refractivity contribution >= 4 is 17.7 Å². The van der Waals surface area contributed by atoms with E-state index in [1.165, 1.54) is 30.3 Å². The van der Waals surface area contributed by atoms with Crippen molar-refractivity contribution < 1.29 is 19.1 Å². The standard InChI is InChI=1S/C15H13FN2O3/c16-12-2-1-3-13(8-12)18-15(21)17-9-10-4-6-11(7-5-10)14(19)20/h1-8H,9H2,(H,19,20)(H2,17,18,21). The van der Waals surface area contributed by atoms with Gasteiger partial charge in [-0.15, -0.1) is 0 Å². The van der Waals surface area contributed by atoms with Gasteiger partial charge in [0.1, 0.15) is 5.82 Å². The van der Waals surface area contributed by atoms with E-state index in [9.17, 15) is 14.0 Å². The first-order chi connectivity index (χ1) is 10.0. The molecule has 108 valence electrons. The van der Waals surface area contributed by atoms with Crippen LogP contribution < -0.4 is 10.6 Å². The van der Waals surface area contributed by atoms with Crippen molar-refractivity contribution in [2.45, 2.75) is 6.54 Å². The number of carbonyl (C=O) groups is 2. The summed E-state index contributed by atoms with van der Waals surface area (Å²) in [5.41, 5.74) is 1.30. The van der Waals surface area contributed by atoms with Gasteiger partial charge in [0.2, 0.25) is 0 Å². The van der Waals surface area contributed by atoms with E-state index in [-0.39, 0.29) is 12.1 Å². The molecular weight excluding hydrogens is 275 g/mol. The highest BCUT2D eigenvalue weighted by atomic mass is 19.1. The molecule has 21 heavy (non-hydrogen) atoms. The summed E-state index contributed by atoms with van der Waals surface area (Å²) in [6.07, 6.45) is 0. The monoisotopic (exact) mass is 288 g/mol. The number of hydrogen-bond acceptors (Lipinski definition) is 2. The fourth-order valence-corrected chi connectivity index (χ4v) is 1.69. The second-order valence-corrected chi connectivity index (χ2v) is 4.32.